The van der Waals surface area contributed by atoms with Gasteiger partial charge in [0.05, 0.1) is 20.4 Å². The molecule has 2 aromatic rings. The number of allylic oxidation sites excluding steroid dienone is 1. The normalized spacial score (nSPS) is 12.0. The van der Waals surface area contributed by atoms with Crippen LogP contribution < -0.4 is 15.2 Å². The van der Waals surface area contributed by atoms with Crippen LogP contribution in [-0.4, -0.2) is 41.3 Å². The zero-order chi connectivity index (χ0) is 17.4. The van der Waals surface area contributed by atoms with E-state index in [0.29, 0.717) is 17.2 Å². The summed E-state index contributed by atoms with van der Waals surface area (Å²) in [5, 5.41) is 17.5. The van der Waals surface area contributed by atoms with Crippen molar-refractivity contribution in [2.24, 2.45) is 15.9 Å². The number of amidine groups is 1. The summed E-state index contributed by atoms with van der Waals surface area (Å²) in [7, 11) is 2.93. The summed E-state index contributed by atoms with van der Waals surface area (Å²) in [6.45, 7) is 0. The minimum absolute atomic E-state index is 0.0489. The Balaban J connectivity index is 2.09. The fourth-order valence-corrected chi connectivity index (χ4v) is 1.78. The van der Waals surface area contributed by atoms with Crippen molar-refractivity contribution in [3.05, 3.63) is 48.1 Å². The molecule has 1 aromatic carbocycles. The third-order valence-electron chi connectivity index (χ3n) is 2.93. The summed E-state index contributed by atoms with van der Waals surface area (Å²) in [6.07, 6.45) is 9.45. The third-order valence-corrected chi connectivity index (χ3v) is 2.93. The molecule has 124 valence electrons. The lowest BCUT2D eigenvalue weighted by atomic mass is 10.1. The third kappa shape index (κ3) is 4.29. The zero-order valence-electron chi connectivity index (χ0n) is 13.2. The lowest BCUT2D eigenvalue weighted by molar-refractivity contribution is 0.340. The fraction of sp³-hybridized carbons (Fsp3) is 0.125. The van der Waals surface area contributed by atoms with Crippen LogP contribution in [0.25, 0.3) is 6.08 Å². The summed E-state index contributed by atoms with van der Waals surface area (Å²) in [6, 6.07) is 3.33. The van der Waals surface area contributed by atoms with Gasteiger partial charge in [0.2, 0.25) is 5.75 Å². The van der Waals surface area contributed by atoms with Crippen LogP contribution in [0, 0.1) is 0 Å². The second-order valence-electron chi connectivity index (χ2n) is 4.47. The number of aromatic hydroxyl groups is 1. The molecule has 24 heavy (non-hydrogen) atoms. The van der Waals surface area contributed by atoms with Gasteiger partial charge in [0.25, 0.3) is 0 Å². The highest BCUT2D eigenvalue weighted by Gasteiger charge is 2.09. The van der Waals surface area contributed by atoms with E-state index in [1.54, 1.807) is 30.5 Å². The van der Waals surface area contributed by atoms with E-state index in [1.807, 2.05) is 0 Å². The Kier molecular flexibility index (Phi) is 5.84. The van der Waals surface area contributed by atoms with Crippen LogP contribution in [0.1, 0.15) is 11.3 Å². The van der Waals surface area contributed by atoms with Crippen LogP contribution in [0.15, 0.2) is 47.0 Å². The Morgan fingerprint density at radius 1 is 1.21 bits per heavy atom. The van der Waals surface area contributed by atoms with Crippen LogP contribution in [0.4, 0.5) is 0 Å². The van der Waals surface area contributed by atoms with Crippen LogP contribution >= 0.6 is 0 Å². The highest BCUT2D eigenvalue weighted by Crippen LogP contribution is 2.37. The summed E-state index contributed by atoms with van der Waals surface area (Å²) < 4.78 is 10.2. The van der Waals surface area contributed by atoms with Crippen LogP contribution in [0.5, 0.6) is 17.2 Å². The van der Waals surface area contributed by atoms with Crippen molar-refractivity contribution < 1.29 is 14.6 Å². The number of nitrogens with two attached hydrogens (primary N) is 1. The van der Waals surface area contributed by atoms with Crippen molar-refractivity contribution in [3.8, 4) is 17.2 Å². The van der Waals surface area contributed by atoms with Crippen molar-refractivity contribution in [2.75, 3.05) is 14.2 Å². The molecule has 8 nitrogen and oxygen atoms in total. The van der Waals surface area contributed by atoms with Crippen molar-refractivity contribution in [1.82, 2.24) is 9.97 Å². The standard InChI is InChI=1S/C16H17N5O3/c1-23-13-8-11(9-14(24-2)15(13)22)4-3-5-20-21-16(17)12-10-18-6-7-19-12/h3-10,22H,1-2H3,(H2,17,21)/b4-3+,20-5+. The minimum atomic E-state index is -0.0489. The summed E-state index contributed by atoms with van der Waals surface area (Å²) >= 11 is 0. The molecule has 0 bridgehead atoms. The smallest absolute Gasteiger partial charge is 0.200 e. The molecule has 8 heteroatoms. The Bertz CT molecular complexity index is 748. The van der Waals surface area contributed by atoms with Gasteiger partial charge >= 0.3 is 0 Å². The van der Waals surface area contributed by atoms with Gasteiger partial charge in [-0.3, -0.25) is 4.98 Å². The van der Waals surface area contributed by atoms with Crippen molar-refractivity contribution >= 4 is 18.1 Å². The monoisotopic (exact) mass is 327 g/mol. The van der Waals surface area contributed by atoms with Gasteiger partial charge in [0.1, 0.15) is 5.69 Å². The number of ether oxygens (including phenoxy) is 2. The zero-order valence-corrected chi connectivity index (χ0v) is 13.2. The van der Waals surface area contributed by atoms with E-state index in [-0.39, 0.29) is 11.6 Å². The molecule has 0 aliphatic rings. The number of hydrogen-bond donors (Lipinski definition) is 2. The number of hydrogen-bond acceptors (Lipinski definition) is 7. The molecule has 0 saturated heterocycles. The highest BCUT2D eigenvalue weighted by atomic mass is 16.5. The van der Waals surface area contributed by atoms with Crippen LogP contribution in [0.3, 0.4) is 0 Å². The predicted octanol–water partition coefficient (Wildman–Crippen LogP) is 1.60. The lowest BCUT2D eigenvalue weighted by Gasteiger charge is -2.09. The maximum atomic E-state index is 9.85. The maximum absolute atomic E-state index is 9.85. The van der Waals surface area contributed by atoms with Crippen LogP contribution in [0.2, 0.25) is 0 Å². The molecule has 0 aliphatic heterocycles. The number of aromatic nitrogens is 2. The molecular weight excluding hydrogens is 310 g/mol. The maximum Gasteiger partial charge on any atom is 0.200 e. The van der Waals surface area contributed by atoms with Crippen molar-refractivity contribution in [2.45, 2.75) is 0 Å². The Morgan fingerprint density at radius 3 is 2.50 bits per heavy atom. The first-order valence-corrected chi connectivity index (χ1v) is 6.90. The fourth-order valence-electron chi connectivity index (χ4n) is 1.78. The van der Waals surface area contributed by atoms with Gasteiger partial charge in [0.15, 0.2) is 17.3 Å². The number of phenolic OH excluding ortho intramolecular Hbond substituents is 1. The van der Waals surface area contributed by atoms with E-state index >= 15 is 0 Å². The van der Waals surface area contributed by atoms with Gasteiger partial charge in [0, 0.05) is 18.6 Å². The van der Waals surface area contributed by atoms with Gasteiger partial charge in [-0.25, -0.2) is 4.98 Å². The van der Waals surface area contributed by atoms with E-state index in [1.165, 1.54) is 32.8 Å². The molecule has 0 spiro atoms. The first-order valence-electron chi connectivity index (χ1n) is 6.90. The number of methoxy groups -OCH3 is 2. The average molecular weight is 327 g/mol. The Labute approximate surface area is 139 Å². The largest absolute Gasteiger partial charge is 0.502 e. The van der Waals surface area contributed by atoms with Gasteiger partial charge in [-0.05, 0) is 23.8 Å². The molecule has 1 aromatic heterocycles. The second-order valence-corrected chi connectivity index (χ2v) is 4.47. The lowest BCUT2D eigenvalue weighted by Crippen LogP contribution is -2.14. The summed E-state index contributed by atoms with van der Waals surface area (Å²) in [5.74, 6) is 0.750. The molecule has 0 saturated carbocycles. The quantitative estimate of drug-likeness (QED) is 0.473. The first-order chi connectivity index (χ1) is 11.7. The topological polar surface area (TPSA) is 115 Å². The molecule has 0 amide bonds. The van der Waals surface area contributed by atoms with Gasteiger partial charge in [-0.1, -0.05) is 6.08 Å². The number of phenols is 1. The highest BCUT2D eigenvalue weighted by molar-refractivity contribution is 5.95. The minimum Gasteiger partial charge on any atom is -0.502 e. The van der Waals surface area contributed by atoms with Crippen molar-refractivity contribution in [1.29, 1.82) is 0 Å². The van der Waals surface area contributed by atoms with Gasteiger partial charge in [-0.2, -0.15) is 5.10 Å². The molecule has 0 unspecified atom stereocenters. The predicted molar refractivity (Wildman–Crippen MR) is 91.5 cm³/mol. The number of benzene rings is 1. The summed E-state index contributed by atoms with van der Waals surface area (Å²) in [4.78, 5) is 7.91. The SMILES string of the molecule is COc1cc(/C=C/C=N/N=C(\N)c2cnccn2)cc(OC)c1O. The van der Waals surface area contributed by atoms with E-state index in [4.69, 9.17) is 15.2 Å². The molecule has 0 radical (unpaired) electrons. The van der Waals surface area contributed by atoms with E-state index in [9.17, 15) is 5.11 Å². The van der Waals surface area contributed by atoms with Crippen LogP contribution in [-0.2, 0) is 0 Å². The molecular formula is C16H17N5O3. The van der Waals surface area contributed by atoms with E-state index < -0.39 is 0 Å². The molecule has 0 aliphatic carbocycles. The summed E-state index contributed by atoms with van der Waals surface area (Å²) in [5.41, 5.74) is 6.94. The first kappa shape index (κ1) is 16.9. The number of rotatable bonds is 6. The molecule has 0 atom stereocenters. The van der Waals surface area contributed by atoms with E-state index in [2.05, 4.69) is 20.2 Å². The second kappa shape index (κ2) is 8.28. The van der Waals surface area contributed by atoms with Crippen molar-refractivity contribution in [3.63, 3.8) is 0 Å². The Hall–Kier alpha value is -3.42. The van der Waals surface area contributed by atoms with Gasteiger partial charge in [-0.15, -0.1) is 5.10 Å². The van der Waals surface area contributed by atoms with E-state index in [0.717, 1.165) is 5.56 Å². The molecule has 2 rings (SSSR count). The number of nitrogens with zero attached hydrogens (tertiary/aromatic N) is 4. The van der Waals surface area contributed by atoms with Gasteiger partial charge < -0.3 is 20.3 Å². The molecule has 1 heterocycles. The molecule has 0 fully saturated rings. The molecule has 3 N–H and O–H groups in total. The Morgan fingerprint density at radius 2 is 1.92 bits per heavy atom. The average Bonchev–Trinajstić information content (AvgIpc) is 2.63.